The molecule has 0 fully saturated rings. The van der Waals surface area contributed by atoms with Crippen LogP contribution in [0.5, 0.6) is 11.5 Å². The van der Waals surface area contributed by atoms with Gasteiger partial charge in [0.15, 0.2) is 17.3 Å². The van der Waals surface area contributed by atoms with E-state index in [2.05, 4.69) is 4.98 Å². The Balaban J connectivity index is 2.10. The lowest BCUT2D eigenvalue weighted by atomic mass is 10.2. The van der Waals surface area contributed by atoms with Gasteiger partial charge in [0.05, 0.1) is 15.6 Å². The maximum Gasteiger partial charge on any atom is 0.231 e. The van der Waals surface area contributed by atoms with Crippen LogP contribution in [0, 0.1) is 6.92 Å². The molecule has 3 rings (SSSR count). The van der Waals surface area contributed by atoms with E-state index in [9.17, 15) is 4.79 Å². The van der Waals surface area contributed by atoms with E-state index in [1.807, 2.05) is 13.0 Å². The molecule has 0 aliphatic carbocycles. The molecule has 1 aromatic carbocycles. The minimum Gasteiger partial charge on any atom is -0.454 e. The molecule has 0 spiro atoms. The lowest BCUT2D eigenvalue weighted by molar-refractivity contribution is 0.102. The zero-order valence-corrected chi connectivity index (χ0v) is 11.9. The summed E-state index contributed by atoms with van der Waals surface area (Å²) in [5.41, 5.74) is 1.57. The lowest BCUT2D eigenvalue weighted by Gasteiger charge is -2.02. The van der Waals surface area contributed by atoms with Gasteiger partial charge in [-0.05, 0) is 19.1 Å². The van der Waals surface area contributed by atoms with Crippen molar-refractivity contribution in [2.24, 2.45) is 0 Å². The van der Waals surface area contributed by atoms with Gasteiger partial charge >= 0.3 is 0 Å². The number of ether oxygens (including phenoxy) is 2. The molecule has 0 amide bonds. The average molecular weight is 296 g/mol. The van der Waals surface area contributed by atoms with Crippen LogP contribution in [0.2, 0.25) is 5.02 Å². The van der Waals surface area contributed by atoms with Crippen LogP contribution < -0.4 is 9.47 Å². The molecule has 19 heavy (non-hydrogen) atoms. The van der Waals surface area contributed by atoms with Crippen molar-refractivity contribution in [2.75, 3.05) is 6.79 Å². The molecule has 0 atom stereocenters. The normalized spacial score (nSPS) is 12.8. The van der Waals surface area contributed by atoms with Gasteiger partial charge in [0.25, 0.3) is 0 Å². The van der Waals surface area contributed by atoms with E-state index in [0.29, 0.717) is 21.4 Å². The van der Waals surface area contributed by atoms with Crippen LogP contribution in [-0.2, 0) is 0 Å². The molecule has 1 aromatic heterocycles. The van der Waals surface area contributed by atoms with E-state index < -0.39 is 0 Å². The topological polar surface area (TPSA) is 48.4 Å². The van der Waals surface area contributed by atoms with Gasteiger partial charge in [-0.25, -0.2) is 4.98 Å². The van der Waals surface area contributed by atoms with Crippen LogP contribution >= 0.6 is 22.9 Å². The Bertz CT molecular complexity index is 681. The number of Topliss-reactive ketones (excluding diaryl/α,β-unsaturated/α-hetero) is 1. The fourth-order valence-electron chi connectivity index (χ4n) is 1.94. The van der Waals surface area contributed by atoms with E-state index in [1.165, 1.54) is 18.3 Å². The maximum atomic E-state index is 11.5. The SMILES string of the molecule is CC(=O)c1sc(-c2cc(Cl)c3c(c2)OCO3)nc1C. The Hall–Kier alpha value is -1.59. The van der Waals surface area contributed by atoms with Crippen molar-refractivity contribution in [1.82, 2.24) is 4.98 Å². The van der Waals surface area contributed by atoms with E-state index in [1.54, 1.807) is 6.07 Å². The summed E-state index contributed by atoms with van der Waals surface area (Å²) >= 11 is 7.50. The molecule has 2 heterocycles. The van der Waals surface area contributed by atoms with Gasteiger partial charge in [-0.1, -0.05) is 11.6 Å². The number of halogens is 1. The summed E-state index contributed by atoms with van der Waals surface area (Å²) in [5, 5.41) is 1.24. The first-order valence-electron chi connectivity index (χ1n) is 5.64. The molecule has 0 saturated heterocycles. The zero-order valence-electron chi connectivity index (χ0n) is 10.3. The van der Waals surface area contributed by atoms with Crippen LogP contribution in [0.25, 0.3) is 10.6 Å². The van der Waals surface area contributed by atoms with Crippen LogP contribution in [0.3, 0.4) is 0 Å². The molecule has 4 nitrogen and oxygen atoms in total. The van der Waals surface area contributed by atoms with Crippen LogP contribution in [0.15, 0.2) is 12.1 Å². The highest BCUT2D eigenvalue weighted by molar-refractivity contribution is 7.17. The molecular weight excluding hydrogens is 286 g/mol. The highest BCUT2D eigenvalue weighted by Gasteiger charge is 2.21. The van der Waals surface area contributed by atoms with Crippen molar-refractivity contribution in [3.63, 3.8) is 0 Å². The van der Waals surface area contributed by atoms with Crippen molar-refractivity contribution < 1.29 is 14.3 Å². The Morgan fingerprint density at radius 2 is 2.21 bits per heavy atom. The Kier molecular flexibility index (Phi) is 2.95. The predicted molar refractivity (Wildman–Crippen MR) is 73.4 cm³/mol. The van der Waals surface area contributed by atoms with Gasteiger partial charge in [-0.15, -0.1) is 11.3 Å². The highest BCUT2D eigenvalue weighted by atomic mass is 35.5. The second-order valence-corrected chi connectivity index (χ2v) is 5.59. The number of aryl methyl sites for hydroxylation is 1. The third kappa shape index (κ3) is 2.09. The minimum absolute atomic E-state index is 0.0214. The van der Waals surface area contributed by atoms with Gasteiger partial charge < -0.3 is 9.47 Å². The number of hydrogen-bond acceptors (Lipinski definition) is 5. The molecule has 0 bridgehead atoms. The first-order chi connectivity index (χ1) is 9.06. The van der Waals surface area contributed by atoms with E-state index in [0.717, 1.165) is 16.3 Å². The van der Waals surface area contributed by atoms with Crippen molar-refractivity contribution in [3.8, 4) is 22.1 Å². The highest BCUT2D eigenvalue weighted by Crippen LogP contribution is 2.43. The van der Waals surface area contributed by atoms with Gasteiger partial charge in [0.1, 0.15) is 5.01 Å². The fourth-order valence-corrected chi connectivity index (χ4v) is 3.15. The summed E-state index contributed by atoms with van der Waals surface area (Å²) in [6.45, 7) is 3.54. The first kappa shape index (κ1) is 12.4. The molecule has 1 aliphatic heterocycles. The smallest absolute Gasteiger partial charge is 0.231 e. The molecule has 6 heteroatoms. The van der Waals surface area contributed by atoms with Gasteiger partial charge in [0.2, 0.25) is 6.79 Å². The number of carbonyl (C=O) groups is 1. The van der Waals surface area contributed by atoms with Crippen LogP contribution in [0.4, 0.5) is 0 Å². The number of nitrogens with zero attached hydrogens (tertiary/aromatic N) is 1. The number of benzene rings is 1. The van der Waals surface area contributed by atoms with Crippen LogP contribution in [0.1, 0.15) is 22.3 Å². The van der Waals surface area contributed by atoms with Crippen molar-refractivity contribution in [1.29, 1.82) is 0 Å². The third-order valence-corrected chi connectivity index (χ3v) is 4.38. The number of thiazole rings is 1. The number of ketones is 1. The summed E-state index contributed by atoms with van der Waals surface area (Å²) in [7, 11) is 0. The van der Waals surface area contributed by atoms with E-state index >= 15 is 0 Å². The second kappa shape index (κ2) is 4.51. The minimum atomic E-state index is 0.0214. The molecule has 1 aliphatic rings. The Labute approximate surface area is 118 Å². The van der Waals surface area contributed by atoms with Gasteiger partial charge in [-0.3, -0.25) is 4.79 Å². The number of rotatable bonds is 2. The number of hydrogen-bond donors (Lipinski definition) is 0. The molecular formula is C13H10ClNO3S. The summed E-state index contributed by atoms with van der Waals surface area (Å²) in [5.74, 6) is 1.19. The molecule has 0 saturated carbocycles. The monoisotopic (exact) mass is 295 g/mol. The zero-order chi connectivity index (χ0) is 13.6. The molecule has 0 radical (unpaired) electrons. The average Bonchev–Trinajstić information content (AvgIpc) is 2.94. The van der Waals surface area contributed by atoms with Gasteiger partial charge in [0, 0.05) is 12.5 Å². The van der Waals surface area contributed by atoms with Crippen LogP contribution in [-0.4, -0.2) is 17.6 Å². The number of aromatic nitrogens is 1. The Morgan fingerprint density at radius 1 is 1.42 bits per heavy atom. The summed E-state index contributed by atoms with van der Waals surface area (Å²) < 4.78 is 10.6. The van der Waals surface area contributed by atoms with E-state index in [4.69, 9.17) is 21.1 Å². The quantitative estimate of drug-likeness (QED) is 0.793. The fraction of sp³-hybridized carbons (Fsp3) is 0.231. The summed E-state index contributed by atoms with van der Waals surface area (Å²) in [6.07, 6.45) is 0. The van der Waals surface area contributed by atoms with Crippen molar-refractivity contribution in [2.45, 2.75) is 13.8 Å². The molecule has 0 N–H and O–H groups in total. The maximum absolute atomic E-state index is 11.5. The van der Waals surface area contributed by atoms with Gasteiger partial charge in [-0.2, -0.15) is 0 Å². The molecule has 0 unspecified atom stereocenters. The lowest BCUT2D eigenvalue weighted by Crippen LogP contribution is -1.93. The second-order valence-electron chi connectivity index (χ2n) is 4.18. The first-order valence-corrected chi connectivity index (χ1v) is 6.83. The Morgan fingerprint density at radius 3 is 2.89 bits per heavy atom. The largest absolute Gasteiger partial charge is 0.454 e. The number of carbonyl (C=O) groups excluding carboxylic acids is 1. The summed E-state index contributed by atoms with van der Waals surface area (Å²) in [4.78, 5) is 16.5. The summed E-state index contributed by atoms with van der Waals surface area (Å²) in [6, 6.07) is 3.60. The third-order valence-electron chi connectivity index (χ3n) is 2.79. The number of fused-ring (bicyclic) bond motifs is 1. The van der Waals surface area contributed by atoms with E-state index in [-0.39, 0.29) is 12.6 Å². The van der Waals surface area contributed by atoms with Crippen molar-refractivity contribution >= 4 is 28.7 Å². The molecule has 98 valence electrons. The standard InChI is InChI=1S/C13H10ClNO3S/c1-6-12(7(2)16)19-13(15-6)8-3-9(14)11-10(4-8)17-5-18-11/h3-4H,5H2,1-2H3. The predicted octanol–water partition coefficient (Wildman–Crippen LogP) is 3.70. The molecule has 2 aromatic rings. The van der Waals surface area contributed by atoms with Crippen molar-refractivity contribution in [3.05, 3.63) is 27.7 Å².